The standard InChI is InChI=1S/C23H28FN5O2/c1-4-17(5-2)21-13-20(31-29-21)15-28-23(25-3)27-14-16-10-11-26-22(12-16)30-19-8-6-18(24)7-9-19/h6-13,17H,4-5,14-15H2,1-3H3,(H2,25,27,28). The summed E-state index contributed by atoms with van der Waals surface area (Å²) in [6, 6.07) is 11.5. The number of aromatic nitrogens is 2. The molecule has 164 valence electrons. The molecule has 0 bridgehead atoms. The quantitative estimate of drug-likeness (QED) is 0.379. The van der Waals surface area contributed by atoms with Crippen molar-refractivity contribution in [2.75, 3.05) is 7.05 Å². The third-order valence-electron chi connectivity index (χ3n) is 4.93. The van der Waals surface area contributed by atoms with Crippen LogP contribution in [0.25, 0.3) is 0 Å². The average Bonchev–Trinajstić information content (AvgIpc) is 3.25. The summed E-state index contributed by atoms with van der Waals surface area (Å²) < 4.78 is 24.2. The van der Waals surface area contributed by atoms with Gasteiger partial charge < -0.3 is 19.9 Å². The molecule has 0 spiro atoms. The molecule has 2 heterocycles. The van der Waals surface area contributed by atoms with E-state index in [0.29, 0.717) is 36.6 Å². The zero-order chi connectivity index (χ0) is 22.1. The highest BCUT2D eigenvalue weighted by Crippen LogP contribution is 2.22. The maximum atomic E-state index is 13.0. The lowest BCUT2D eigenvalue weighted by Gasteiger charge is -2.11. The van der Waals surface area contributed by atoms with E-state index in [2.05, 4.69) is 39.6 Å². The molecule has 2 N–H and O–H groups in total. The van der Waals surface area contributed by atoms with Gasteiger partial charge in [0.2, 0.25) is 5.88 Å². The zero-order valence-electron chi connectivity index (χ0n) is 18.1. The van der Waals surface area contributed by atoms with Gasteiger partial charge in [-0.25, -0.2) is 9.37 Å². The molecule has 0 atom stereocenters. The molecule has 7 nitrogen and oxygen atoms in total. The Hall–Kier alpha value is -3.42. The van der Waals surface area contributed by atoms with Gasteiger partial charge in [-0.1, -0.05) is 19.0 Å². The van der Waals surface area contributed by atoms with Gasteiger partial charge >= 0.3 is 0 Å². The molecule has 31 heavy (non-hydrogen) atoms. The van der Waals surface area contributed by atoms with E-state index in [1.54, 1.807) is 25.4 Å². The lowest BCUT2D eigenvalue weighted by molar-refractivity contribution is 0.368. The van der Waals surface area contributed by atoms with Crippen LogP contribution in [0.5, 0.6) is 11.6 Å². The predicted octanol–water partition coefficient (Wildman–Crippen LogP) is 4.77. The van der Waals surface area contributed by atoms with Crippen LogP contribution < -0.4 is 15.4 Å². The first kappa shape index (κ1) is 22.3. The number of ether oxygens (including phenoxy) is 1. The summed E-state index contributed by atoms with van der Waals surface area (Å²) in [6.45, 7) is 5.32. The van der Waals surface area contributed by atoms with E-state index in [1.807, 2.05) is 18.2 Å². The number of rotatable bonds is 9. The van der Waals surface area contributed by atoms with Gasteiger partial charge in [0.25, 0.3) is 0 Å². The van der Waals surface area contributed by atoms with Crippen molar-refractivity contribution in [1.82, 2.24) is 20.8 Å². The minimum absolute atomic E-state index is 0.311. The molecule has 3 aromatic rings. The van der Waals surface area contributed by atoms with Crippen LogP contribution in [0.4, 0.5) is 4.39 Å². The highest BCUT2D eigenvalue weighted by molar-refractivity contribution is 5.79. The number of nitrogens with one attached hydrogen (secondary N) is 2. The molecule has 1 aromatic carbocycles. The van der Waals surface area contributed by atoms with Crippen molar-refractivity contribution < 1.29 is 13.7 Å². The summed E-state index contributed by atoms with van der Waals surface area (Å²) in [4.78, 5) is 8.44. The van der Waals surface area contributed by atoms with Crippen LogP contribution in [-0.2, 0) is 13.1 Å². The second-order valence-corrected chi connectivity index (χ2v) is 7.07. The van der Waals surface area contributed by atoms with Crippen molar-refractivity contribution in [1.29, 1.82) is 0 Å². The van der Waals surface area contributed by atoms with Crippen molar-refractivity contribution in [2.45, 2.75) is 45.7 Å². The Balaban J connectivity index is 1.52. The van der Waals surface area contributed by atoms with Gasteiger partial charge in [0.15, 0.2) is 11.7 Å². The molecular weight excluding hydrogens is 397 g/mol. The normalized spacial score (nSPS) is 11.6. The molecule has 8 heteroatoms. The molecule has 0 aliphatic rings. The van der Waals surface area contributed by atoms with E-state index in [4.69, 9.17) is 9.26 Å². The molecule has 0 radical (unpaired) electrons. The monoisotopic (exact) mass is 425 g/mol. The molecule has 0 fully saturated rings. The van der Waals surface area contributed by atoms with Crippen molar-refractivity contribution in [2.24, 2.45) is 4.99 Å². The second-order valence-electron chi connectivity index (χ2n) is 7.07. The fourth-order valence-corrected chi connectivity index (χ4v) is 3.13. The van der Waals surface area contributed by atoms with E-state index in [9.17, 15) is 4.39 Å². The Labute approximate surface area is 181 Å². The van der Waals surface area contributed by atoms with Gasteiger partial charge in [0.05, 0.1) is 12.2 Å². The second kappa shape index (κ2) is 11.1. The lowest BCUT2D eigenvalue weighted by atomic mass is 9.99. The van der Waals surface area contributed by atoms with Crippen LogP contribution in [0.1, 0.15) is 49.6 Å². The number of halogens is 1. The summed E-state index contributed by atoms with van der Waals surface area (Å²) >= 11 is 0. The smallest absolute Gasteiger partial charge is 0.219 e. The largest absolute Gasteiger partial charge is 0.439 e. The van der Waals surface area contributed by atoms with Crippen LogP contribution in [0.2, 0.25) is 0 Å². The first-order chi connectivity index (χ1) is 15.1. The summed E-state index contributed by atoms with van der Waals surface area (Å²) in [5.41, 5.74) is 1.96. The molecule has 0 amide bonds. The number of aliphatic imine (C=N–C) groups is 1. The first-order valence-electron chi connectivity index (χ1n) is 10.4. The Morgan fingerprint density at radius 2 is 1.84 bits per heavy atom. The lowest BCUT2D eigenvalue weighted by Crippen LogP contribution is -2.36. The van der Waals surface area contributed by atoms with Crippen molar-refractivity contribution >= 4 is 5.96 Å². The predicted molar refractivity (Wildman–Crippen MR) is 118 cm³/mol. The Bertz CT molecular complexity index is 984. The minimum atomic E-state index is -0.311. The van der Waals surface area contributed by atoms with Crippen LogP contribution in [0.15, 0.2) is 58.2 Å². The Morgan fingerprint density at radius 1 is 1.10 bits per heavy atom. The summed E-state index contributed by atoms with van der Waals surface area (Å²) in [6.07, 6.45) is 3.75. The highest BCUT2D eigenvalue weighted by atomic mass is 19.1. The zero-order valence-corrected chi connectivity index (χ0v) is 18.1. The SMILES string of the molecule is CCC(CC)c1cc(CNC(=NC)NCc2ccnc(Oc3ccc(F)cc3)c2)on1. The van der Waals surface area contributed by atoms with Gasteiger partial charge in [-0.15, -0.1) is 0 Å². The molecule has 0 saturated carbocycles. The fourth-order valence-electron chi connectivity index (χ4n) is 3.13. The third-order valence-corrected chi connectivity index (χ3v) is 4.93. The van der Waals surface area contributed by atoms with Crippen molar-refractivity contribution in [3.63, 3.8) is 0 Å². The van der Waals surface area contributed by atoms with Gasteiger partial charge in [0, 0.05) is 37.8 Å². The Kier molecular flexibility index (Phi) is 7.98. The van der Waals surface area contributed by atoms with E-state index < -0.39 is 0 Å². The maximum Gasteiger partial charge on any atom is 0.219 e. The highest BCUT2D eigenvalue weighted by Gasteiger charge is 2.13. The van der Waals surface area contributed by atoms with Crippen molar-refractivity contribution in [3.05, 3.63) is 71.5 Å². The van der Waals surface area contributed by atoms with Gasteiger partial charge in [-0.3, -0.25) is 4.99 Å². The van der Waals surface area contributed by atoms with Crippen molar-refractivity contribution in [3.8, 4) is 11.6 Å². The van der Waals surface area contributed by atoms with Crippen LogP contribution in [0.3, 0.4) is 0 Å². The van der Waals surface area contributed by atoms with E-state index in [-0.39, 0.29) is 5.82 Å². The number of benzene rings is 1. The maximum absolute atomic E-state index is 13.0. The number of nitrogens with zero attached hydrogens (tertiary/aromatic N) is 3. The molecule has 3 rings (SSSR count). The van der Waals surface area contributed by atoms with Crippen LogP contribution >= 0.6 is 0 Å². The summed E-state index contributed by atoms with van der Waals surface area (Å²) in [7, 11) is 1.71. The number of hydrogen-bond acceptors (Lipinski definition) is 5. The molecule has 0 aliphatic heterocycles. The number of hydrogen-bond donors (Lipinski definition) is 2. The number of guanidine groups is 1. The summed E-state index contributed by atoms with van der Waals surface area (Å²) in [5.74, 6) is 2.48. The summed E-state index contributed by atoms with van der Waals surface area (Å²) in [5, 5.41) is 10.7. The Morgan fingerprint density at radius 3 is 2.55 bits per heavy atom. The van der Waals surface area contributed by atoms with Crippen LogP contribution in [-0.4, -0.2) is 23.1 Å². The molecule has 2 aromatic heterocycles. The third kappa shape index (κ3) is 6.53. The van der Waals surface area contributed by atoms with Gasteiger partial charge in [-0.2, -0.15) is 0 Å². The van der Waals surface area contributed by atoms with E-state index >= 15 is 0 Å². The molecule has 0 aliphatic carbocycles. The van der Waals surface area contributed by atoms with Crippen LogP contribution in [0, 0.1) is 5.82 Å². The van der Waals surface area contributed by atoms with Gasteiger partial charge in [-0.05, 0) is 48.7 Å². The average molecular weight is 426 g/mol. The van der Waals surface area contributed by atoms with E-state index in [0.717, 1.165) is 29.9 Å². The molecule has 0 saturated heterocycles. The van der Waals surface area contributed by atoms with E-state index in [1.165, 1.54) is 12.1 Å². The first-order valence-corrected chi connectivity index (χ1v) is 10.4. The molecular formula is C23H28FN5O2. The topological polar surface area (TPSA) is 84.6 Å². The fraction of sp³-hybridized carbons (Fsp3) is 0.348. The van der Waals surface area contributed by atoms with Gasteiger partial charge in [0.1, 0.15) is 11.6 Å². The minimum Gasteiger partial charge on any atom is -0.439 e. The number of pyridine rings is 1. The molecule has 0 unspecified atom stereocenters.